The Balaban J connectivity index is 1.48. The molecule has 0 spiro atoms. The van der Waals surface area contributed by atoms with E-state index >= 15 is 0 Å². The summed E-state index contributed by atoms with van der Waals surface area (Å²) >= 11 is 0. The smallest absolute Gasteiger partial charge is 0.0897 e. The van der Waals surface area contributed by atoms with Crippen molar-refractivity contribution in [2.24, 2.45) is 0 Å². The average Bonchev–Trinajstić information content (AvgIpc) is 2.80. The second-order valence-electron chi connectivity index (χ2n) is 5.27. The number of rotatable bonds is 7. The standard InChI is InChI=1S/C12H23NO3/c1-12(4-5-12)13-7-10(14)8-15-9-11-3-2-6-16-11/h10-11,13-14H,2-9H2,1H3. The van der Waals surface area contributed by atoms with Crippen molar-refractivity contribution in [3.63, 3.8) is 0 Å². The normalized spacial score (nSPS) is 29.2. The summed E-state index contributed by atoms with van der Waals surface area (Å²) in [6, 6.07) is 0. The molecule has 1 saturated carbocycles. The van der Waals surface area contributed by atoms with E-state index < -0.39 is 6.10 Å². The van der Waals surface area contributed by atoms with Crippen LogP contribution in [0.2, 0.25) is 0 Å². The molecular weight excluding hydrogens is 206 g/mol. The average molecular weight is 229 g/mol. The van der Waals surface area contributed by atoms with E-state index in [0.29, 0.717) is 19.8 Å². The van der Waals surface area contributed by atoms with Gasteiger partial charge >= 0.3 is 0 Å². The first-order valence-electron chi connectivity index (χ1n) is 6.30. The van der Waals surface area contributed by atoms with Gasteiger partial charge in [-0.15, -0.1) is 0 Å². The van der Waals surface area contributed by atoms with Crippen molar-refractivity contribution >= 4 is 0 Å². The van der Waals surface area contributed by atoms with Crippen molar-refractivity contribution in [3.05, 3.63) is 0 Å². The number of aliphatic hydroxyl groups is 1. The van der Waals surface area contributed by atoms with Gasteiger partial charge in [-0.05, 0) is 32.6 Å². The maximum atomic E-state index is 9.69. The van der Waals surface area contributed by atoms with Crippen molar-refractivity contribution < 1.29 is 14.6 Å². The number of β-amino-alcohol motifs (C(OH)–C–C–N with tert-alkyl or cyclic N) is 1. The minimum absolute atomic E-state index is 0.251. The maximum Gasteiger partial charge on any atom is 0.0897 e. The number of hydrogen-bond donors (Lipinski definition) is 2. The van der Waals surface area contributed by atoms with Crippen molar-refractivity contribution in [1.29, 1.82) is 0 Å². The molecule has 1 aliphatic heterocycles. The molecule has 1 saturated heterocycles. The van der Waals surface area contributed by atoms with Crippen molar-refractivity contribution in [1.82, 2.24) is 5.32 Å². The monoisotopic (exact) mass is 229 g/mol. The first-order valence-corrected chi connectivity index (χ1v) is 6.30. The summed E-state index contributed by atoms with van der Waals surface area (Å²) in [5, 5.41) is 13.0. The van der Waals surface area contributed by atoms with Crippen LogP contribution in [-0.4, -0.2) is 49.2 Å². The topological polar surface area (TPSA) is 50.7 Å². The SMILES string of the molecule is CC1(NCC(O)COCC2CCCO2)CC1. The Hall–Kier alpha value is -0.160. The van der Waals surface area contributed by atoms with E-state index in [1.807, 2.05) is 0 Å². The highest BCUT2D eigenvalue weighted by atomic mass is 16.5. The van der Waals surface area contributed by atoms with Gasteiger partial charge in [-0.2, -0.15) is 0 Å². The molecule has 2 N–H and O–H groups in total. The second kappa shape index (κ2) is 5.45. The fourth-order valence-corrected chi connectivity index (χ4v) is 1.90. The molecule has 0 radical (unpaired) electrons. The lowest BCUT2D eigenvalue weighted by Crippen LogP contribution is -2.37. The van der Waals surface area contributed by atoms with Crippen LogP contribution < -0.4 is 5.32 Å². The highest BCUT2D eigenvalue weighted by molar-refractivity contribution is 4.97. The molecule has 2 atom stereocenters. The third-order valence-corrected chi connectivity index (χ3v) is 3.40. The number of nitrogens with one attached hydrogen (secondary N) is 1. The molecule has 4 nitrogen and oxygen atoms in total. The summed E-state index contributed by atoms with van der Waals surface area (Å²) in [6.07, 6.45) is 4.51. The number of ether oxygens (including phenoxy) is 2. The molecule has 2 aliphatic rings. The molecular formula is C12H23NO3. The van der Waals surface area contributed by atoms with E-state index in [2.05, 4.69) is 12.2 Å². The lowest BCUT2D eigenvalue weighted by Gasteiger charge is -2.17. The Bertz CT molecular complexity index is 212. The zero-order valence-electron chi connectivity index (χ0n) is 10.1. The summed E-state index contributed by atoms with van der Waals surface area (Å²) < 4.78 is 10.9. The van der Waals surface area contributed by atoms with Crippen molar-refractivity contribution in [2.45, 2.75) is 50.4 Å². The van der Waals surface area contributed by atoms with Gasteiger partial charge in [-0.3, -0.25) is 0 Å². The minimum atomic E-state index is -0.404. The molecule has 94 valence electrons. The Morgan fingerprint density at radius 1 is 1.56 bits per heavy atom. The van der Waals surface area contributed by atoms with Crippen LogP contribution in [-0.2, 0) is 9.47 Å². The molecule has 0 amide bonds. The van der Waals surface area contributed by atoms with Gasteiger partial charge in [0.2, 0.25) is 0 Å². The van der Waals surface area contributed by atoms with Crippen LogP contribution in [0.4, 0.5) is 0 Å². The lowest BCUT2D eigenvalue weighted by atomic mass is 10.2. The van der Waals surface area contributed by atoms with Crippen LogP contribution in [0.1, 0.15) is 32.6 Å². The molecule has 4 heteroatoms. The van der Waals surface area contributed by atoms with Crippen LogP contribution in [0.3, 0.4) is 0 Å². The number of hydrogen-bond acceptors (Lipinski definition) is 4. The molecule has 1 heterocycles. The fourth-order valence-electron chi connectivity index (χ4n) is 1.90. The fraction of sp³-hybridized carbons (Fsp3) is 1.00. The Labute approximate surface area is 97.3 Å². The molecule has 0 aromatic rings. The van der Waals surface area contributed by atoms with Crippen LogP contribution in [0.5, 0.6) is 0 Å². The molecule has 0 aromatic heterocycles. The third-order valence-electron chi connectivity index (χ3n) is 3.40. The quantitative estimate of drug-likeness (QED) is 0.674. The Morgan fingerprint density at radius 3 is 3.00 bits per heavy atom. The molecule has 2 rings (SSSR count). The molecule has 1 aliphatic carbocycles. The van der Waals surface area contributed by atoms with Gasteiger partial charge in [0.1, 0.15) is 0 Å². The lowest BCUT2D eigenvalue weighted by molar-refractivity contribution is -0.0170. The van der Waals surface area contributed by atoms with Crippen LogP contribution in [0.25, 0.3) is 0 Å². The number of aliphatic hydroxyl groups excluding tert-OH is 1. The molecule has 16 heavy (non-hydrogen) atoms. The van der Waals surface area contributed by atoms with Gasteiger partial charge in [-0.1, -0.05) is 0 Å². The Kier molecular flexibility index (Phi) is 4.19. The van der Waals surface area contributed by atoms with Gasteiger partial charge in [0.25, 0.3) is 0 Å². The summed E-state index contributed by atoms with van der Waals surface area (Å²) in [4.78, 5) is 0. The van der Waals surface area contributed by atoms with Gasteiger partial charge < -0.3 is 19.9 Å². The molecule has 0 bridgehead atoms. The van der Waals surface area contributed by atoms with E-state index in [9.17, 15) is 5.11 Å². The summed E-state index contributed by atoms with van der Waals surface area (Å²) in [5.74, 6) is 0. The third kappa shape index (κ3) is 4.01. The summed E-state index contributed by atoms with van der Waals surface area (Å²) in [5.41, 5.74) is 0.287. The van der Waals surface area contributed by atoms with Gasteiger partial charge in [0, 0.05) is 18.7 Å². The van der Waals surface area contributed by atoms with E-state index in [1.165, 1.54) is 12.8 Å². The van der Waals surface area contributed by atoms with Gasteiger partial charge in [0.05, 0.1) is 25.4 Å². The van der Waals surface area contributed by atoms with E-state index in [4.69, 9.17) is 9.47 Å². The highest BCUT2D eigenvalue weighted by Gasteiger charge is 2.36. The maximum absolute atomic E-state index is 9.69. The van der Waals surface area contributed by atoms with Crippen molar-refractivity contribution in [2.75, 3.05) is 26.4 Å². The van der Waals surface area contributed by atoms with Crippen LogP contribution in [0.15, 0.2) is 0 Å². The zero-order valence-corrected chi connectivity index (χ0v) is 10.1. The molecule has 0 aromatic carbocycles. The minimum Gasteiger partial charge on any atom is -0.389 e. The van der Waals surface area contributed by atoms with Crippen LogP contribution in [0, 0.1) is 0 Å². The zero-order chi connectivity index (χ0) is 11.4. The predicted octanol–water partition coefficient (Wildman–Crippen LogP) is 0.685. The molecule has 2 fully saturated rings. The van der Waals surface area contributed by atoms with E-state index in [0.717, 1.165) is 19.4 Å². The van der Waals surface area contributed by atoms with Crippen LogP contribution >= 0.6 is 0 Å². The first kappa shape index (κ1) is 12.3. The summed E-state index contributed by atoms with van der Waals surface area (Å²) in [6.45, 7) is 4.70. The first-order chi connectivity index (χ1) is 7.68. The van der Waals surface area contributed by atoms with Gasteiger partial charge in [0.15, 0.2) is 0 Å². The predicted molar refractivity (Wildman–Crippen MR) is 61.4 cm³/mol. The second-order valence-corrected chi connectivity index (χ2v) is 5.27. The van der Waals surface area contributed by atoms with Gasteiger partial charge in [-0.25, -0.2) is 0 Å². The highest BCUT2D eigenvalue weighted by Crippen LogP contribution is 2.33. The Morgan fingerprint density at radius 2 is 2.38 bits per heavy atom. The summed E-state index contributed by atoms with van der Waals surface area (Å²) in [7, 11) is 0. The largest absolute Gasteiger partial charge is 0.389 e. The van der Waals surface area contributed by atoms with E-state index in [1.54, 1.807) is 0 Å². The van der Waals surface area contributed by atoms with E-state index in [-0.39, 0.29) is 11.6 Å². The molecule has 2 unspecified atom stereocenters. The van der Waals surface area contributed by atoms with Crippen molar-refractivity contribution in [3.8, 4) is 0 Å².